The van der Waals surface area contributed by atoms with Gasteiger partial charge in [-0.3, -0.25) is 0 Å². The van der Waals surface area contributed by atoms with Gasteiger partial charge in [-0.2, -0.15) is 5.26 Å². The summed E-state index contributed by atoms with van der Waals surface area (Å²) in [6.45, 7) is 1.48. The number of nitriles is 1. The Kier molecular flexibility index (Phi) is 4.16. The lowest BCUT2D eigenvalue weighted by Gasteiger charge is -2.28. The predicted molar refractivity (Wildman–Crippen MR) is 68.0 cm³/mol. The molecule has 0 N–H and O–H groups in total. The lowest BCUT2D eigenvalue weighted by Crippen LogP contribution is -2.33. The van der Waals surface area contributed by atoms with E-state index in [2.05, 4.69) is 0 Å². The van der Waals surface area contributed by atoms with Gasteiger partial charge in [-0.1, -0.05) is 0 Å². The van der Waals surface area contributed by atoms with Gasteiger partial charge in [0.25, 0.3) is 0 Å². The second-order valence-electron chi connectivity index (χ2n) is 4.65. The van der Waals surface area contributed by atoms with E-state index >= 15 is 0 Å². The second-order valence-corrected chi connectivity index (χ2v) is 4.65. The molecule has 0 bridgehead atoms. The van der Waals surface area contributed by atoms with E-state index in [1.807, 2.05) is 18.0 Å². The SMILES string of the molecule is CN(CC1CCCCO1)c1ccc(C#N)cc1F. The number of hydrogen-bond donors (Lipinski definition) is 0. The molecule has 0 spiro atoms. The molecule has 1 aromatic rings. The molecule has 3 nitrogen and oxygen atoms in total. The summed E-state index contributed by atoms with van der Waals surface area (Å²) in [6.07, 6.45) is 3.50. The van der Waals surface area contributed by atoms with Gasteiger partial charge >= 0.3 is 0 Å². The van der Waals surface area contributed by atoms with Gasteiger partial charge in [0.05, 0.1) is 23.4 Å². The highest BCUT2D eigenvalue weighted by molar-refractivity contribution is 5.50. The van der Waals surface area contributed by atoms with Gasteiger partial charge in [-0.25, -0.2) is 4.39 Å². The largest absolute Gasteiger partial charge is 0.376 e. The number of likely N-dealkylation sites (N-methyl/N-ethyl adjacent to an activating group) is 1. The molecule has 4 heteroatoms. The Balaban J connectivity index is 2.04. The fourth-order valence-corrected chi connectivity index (χ4v) is 2.24. The summed E-state index contributed by atoms with van der Waals surface area (Å²) in [5.74, 6) is -0.354. The van der Waals surface area contributed by atoms with Crippen molar-refractivity contribution in [1.29, 1.82) is 5.26 Å². The molecular weight excluding hydrogens is 231 g/mol. The second kappa shape index (κ2) is 5.83. The molecule has 18 heavy (non-hydrogen) atoms. The first-order chi connectivity index (χ1) is 8.70. The Hall–Kier alpha value is -1.60. The van der Waals surface area contributed by atoms with Gasteiger partial charge in [0.2, 0.25) is 0 Å². The van der Waals surface area contributed by atoms with Crippen LogP contribution < -0.4 is 4.90 Å². The van der Waals surface area contributed by atoms with Gasteiger partial charge in [-0.15, -0.1) is 0 Å². The molecule has 0 amide bonds. The number of anilines is 1. The minimum Gasteiger partial charge on any atom is -0.376 e. The van der Waals surface area contributed by atoms with Crippen molar-refractivity contribution in [2.75, 3.05) is 25.1 Å². The van der Waals surface area contributed by atoms with Crippen LogP contribution in [-0.2, 0) is 4.74 Å². The number of rotatable bonds is 3. The van der Waals surface area contributed by atoms with Crippen molar-refractivity contribution in [2.45, 2.75) is 25.4 Å². The molecule has 96 valence electrons. The average Bonchev–Trinajstić information content (AvgIpc) is 2.39. The quantitative estimate of drug-likeness (QED) is 0.825. The molecule has 0 saturated carbocycles. The standard InChI is InChI=1S/C14H17FN2O/c1-17(10-12-4-2-3-7-18-12)14-6-5-11(9-16)8-13(14)15/h5-6,8,12H,2-4,7,10H2,1H3. The van der Waals surface area contributed by atoms with Crippen molar-refractivity contribution >= 4 is 5.69 Å². The van der Waals surface area contributed by atoms with Gasteiger partial charge in [0.1, 0.15) is 5.82 Å². The molecule has 0 radical (unpaired) electrons. The molecule has 0 aromatic heterocycles. The van der Waals surface area contributed by atoms with E-state index in [4.69, 9.17) is 10.00 Å². The first kappa shape index (κ1) is 12.8. The van der Waals surface area contributed by atoms with Crippen LogP contribution in [0.15, 0.2) is 18.2 Å². The summed E-state index contributed by atoms with van der Waals surface area (Å²) in [5.41, 5.74) is 0.863. The number of halogens is 1. The van der Waals surface area contributed by atoms with Crippen LogP contribution in [0.5, 0.6) is 0 Å². The normalized spacial score (nSPS) is 19.3. The zero-order valence-corrected chi connectivity index (χ0v) is 10.5. The number of benzene rings is 1. The van der Waals surface area contributed by atoms with E-state index in [-0.39, 0.29) is 11.9 Å². The van der Waals surface area contributed by atoms with Crippen LogP contribution >= 0.6 is 0 Å². The zero-order chi connectivity index (χ0) is 13.0. The molecular formula is C14H17FN2O. The third-order valence-corrected chi connectivity index (χ3v) is 3.24. The number of nitrogens with zero attached hydrogens (tertiary/aromatic N) is 2. The fourth-order valence-electron chi connectivity index (χ4n) is 2.24. The van der Waals surface area contributed by atoms with E-state index in [0.29, 0.717) is 17.8 Å². The Morgan fingerprint density at radius 1 is 1.50 bits per heavy atom. The van der Waals surface area contributed by atoms with Crippen LogP contribution in [0.1, 0.15) is 24.8 Å². The highest BCUT2D eigenvalue weighted by Gasteiger charge is 2.17. The monoisotopic (exact) mass is 248 g/mol. The number of ether oxygens (including phenoxy) is 1. The molecule has 1 aliphatic rings. The lowest BCUT2D eigenvalue weighted by molar-refractivity contribution is 0.0215. The topological polar surface area (TPSA) is 36.3 Å². The van der Waals surface area contributed by atoms with E-state index in [9.17, 15) is 4.39 Å². The van der Waals surface area contributed by atoms with E-state index < -0.39 is 0 Å². The maximum Gasteiger partial charge on any atom is 0.147 e. The minimum absolute atomic E-state index is 0.179. The molecule has 1 saturated heterocycles. The molecule has 1 fully saturated rings. The van der Waals surface area contributed by atoms with Crippen molar-refractivity contribution in [3.63, 3.8) is 0 Å². The fraction of sp³-hybridized carbons (Fsp3) is 0.500. The summed E-state index contributed by atoms with van der Waals surface area (Å²) in [7, 11) is 1.85. The first-order valence-electron chi connectivity index (χ1n) is 6.23. The third-order valence-electron chi connectivity index (χ3n) is 3.24. The van der Waals surface area contributed by atoms with Crippen LogP contribution in [0.4, 0.5) is 10.1 Å². The number of hydrogen-bond acceptors (Lipinski definition) is 3. The van der Waals surface area contributed by atoms with Crippen molar-refractivity contribution in [1.82, 2.24) is 0 Å². The highest BCUT2D eigenvalue weighted by Crippen LogP contribution is 2.21. The minimum atomic E-state index is -0.354. The molecule has 1 unspecified atom stereocenters. The van der Waals surface area contributed by atoms with E-state index in [1.165, 1.54) is 12.5 Å². The smallest absolute Gasteiger partial charge is 0.147 e. The molecule has 1 aromatic carbocycles. The Bertz CT molecular complexity index is 450. The average molecular weight is 248 g/mol. The van der Waals surface area contributed by atoms with E-state index in [0.717, 1.165) is 19.4 Å². The van der Waals surface area contributed by atoms with Gasteiger partial charge in [-0.05, 0) is 37.5 Å². The Labute approximate surface area is 107 Å². The van der Waals surface area contributed by atoms with Crippen molar-refractivity contribution < 1.29 is 9.13 Å². The van der Waals surface area contributed by atoms with Gasteiger partial charge < -0.3 is 9.64 Å². The summed E-state index contributed by atoms with van der Waals surface area (Å²) >= 11 is 0. The van der Waals surface area contributed by atoms with E-state index in [1.54, 1.807) is 12.1 Å². The van der Waals surface area contributed by atoms with Crippen LogP contribution in [0.25, 0.3) is 0 Å². The van der Waals surface area contributed by atoms with Gasteiger partial charge in [0, 0.05) is 20.2 Å². The molecule has 1 heterocycles. The third kappa shape index (κ3) is 2.99. The summed E-state index contributed by atoms with van der Waals surface area (Å²) in [6, 6.07) is 6.49. The summed E-state index contributed by atoms with van der Waals surface area (Å²) in [4.78, 5) is 1.85. The molecule has 2 rings (SSSR count). The van der Waals surface area contributed by atoms with Crippen LogP contribution in [0, 0.1) is 17.1 Å². The Morgan fingerprint density at radius 2 is 2.33 bits per heavy atom. The van der Waals surface area contributed by atoms with Crippen molar-refractivity contribution in [3.05, 3.63) is 29.6 Å². The molecule has 1 atom stereocenters. The summed E-state index contributed by atoms with van der Waals surface area (Å²) in [5, 5.41) is 8.70. The zero-order valence-electron chi connectivity index (χ0n) is 10.5. The van der Waals surface area contributed by atoms with Crippen molar-refractivity contribution in [2.24, 2.45) is 0 Å². The van der Waals surface area contributed by atoms with Crippen LogP contribution in [0.3, 0.4) is 0 Å². The molecule has 0 aliphatic carbocycles. The molecule has 1 aliphatic heterocycles. The first-order valence-corrected chi connectivity index (χ1v) is 6.23. The van der Waals surface area contributed by atoms with Crippen molar-refractivity contribution in [3.8, 4) is 6.07 Å². The van der Waals surface area contributed by atoms with Gasteiger partial charge in [0.15, 0.2) is 0 Å². The maximum absolute atomic E-state index is 13.8. The maximum atomic E-state index is 13.8. The lowest BCUT2D eigenvalue weighted by atomic mass is 10.1. The highest BCUT2D eigenvalue weighted by atomic mass is 19.1. The van der Waals surface area contributed by atoms with Crippen LogP contribution in [0.2, 0.25) is 0 Å². The predicted octanol–water partition coefficient (Wildman–Crippen LogP) is 2.70. The Morgan fingerprint density at radius 3 is 2.94 bits per heavy atom. The van der Waals surface area contributed by atoms with Crippen LogP contribution in [-0.4, -0.2) is 26.3 Å². The summed E-state index contributed by atoms with van der Waals surface area (Å²) < 4.78 is 19.4.